The van der Waals surface area contributed by atoms with E-state index in [1.54, 1.807) is 28.9 Å². The molecular weight excluding hydrogens is 486 g/mol. The number of piperidine rings is 1. The van der Waals surface area contributed by atoms with Crippen molar-refractivity contribution in [2.75, 3.05) is 33.4 Å². The molecule has 2 atom stereocenters. The maximum Gasteiger partial charge on any atom is 0.427 e. The number of hydrogen-bond acceptors (Lipinski definition) is 6. The molecule has 0 bridgehead atoms. The van der Waals surface area contributed by atoms with Gasteiger partial charge in [-0.1, -0.05) is 12.1 Å². The number of nitrogens with zero attached hydrogens (tertiary/aromatic N) is 3. The van der Waals surface area contributed by atoms with Crippen LogP contribution in [0.5, 0.6) is 5.75 Å². The second-order valence-electron chi connectivity index (χ2n) is 9.09. The third-order valence-electron chi connectivity index (χ3n) is 6.70. The number of aromatic nitrogens is 2. The number of carbonyl (C=O) groups is 1. The zero-order valence-electron chi connectivity index (χ0n) is 19.9. The third kappa shape index (κ3) is 6.47. The number of hydrogen-bond donors (Lipinski definition) is 0. The van der Waals surface area contributed by atoms with E-state index in [-0.39, 0.29) is 25.7 Å². The maximum atomic E-state index is 13.5. The van der Waals surface area contributed by atoms with Gasteiger partial charge in [0.1, 0.15) is 5.75 Å². The molecule has 0 radical (unpaired) electrons. The maximum absolute atomic E-state index is 13.5. The van der Waals surface area contributed by atoms with E-state index in [0.717, 1.165) is 12.6 Å². The molecule has 2 unspecified atom stereocenters. The molecule has 198 valence electrons. The van der Waals surface area contributed by atoms with Crippen LogP contribution in [0.15, 0.2) is 36.7 Å². The molecule has 1 amide bonds. The van der Waals surface area contributed by atoms with Crippen molar-refractivity contribution in [3.05, 3.63) is 48.0 Å². The standard InChI is InChI=1S/C24H29F4N3O5/c1-33-20-4-2-17(3-5-20)14-34-16-21(24(26,27)28)36-22(32)30-10-8-23(9-11-30)7-6-19(15-35-23)31-13-18(25)12-29-31/h2-5,12-13,19,21H,6-11,14-16H2,1H3. The molecule has 3 heterocycles. The summed E-state index contributed by atoms with van der Waals surface area (Å²) in [5.74, 6) is 0.210. The Hall–Kier alpha value is -2.86. The van der Waals surface area contributed by atoms with E-state index in [0.29, 0.717) is 37.2 Å². The molecule has 2 aliphatic rings. The van der Waals surface area contributed by atoms with Gasteiger partial charge in [0, 0.05) is 13.1 Å². The highest BCUT2D eigenvalue weighted by molar-refractivity contribution is 5.68. The van der Waals surface area contributed by atoms with Crippen LogP contribution >= 0.6 is 0 Å². The molecule has 8 nitrogen and oxygen atoms in total. The molecule has 2 saturated heterocycles. The molecule has 2 aliphatic heterocycles. The fraction of sp³-hybridized carbons (Fsp3) is 0.583. The molecule has 0 aliphatic carbocycles. The Balaban J connectivity index is 1.24. The first-order valence-electron chi connectivity index (χ1n) is 11.7. The van der Waals surface area contributed by atoms with Crippen molar-refractivity contribution in [1.82, 2.24) is 14.7 Å². The Morgan fingerprint density at radius 1 is 1.22 bits per heavy atom. The molecule has 2 aromatic rings. The number of methoxy groups -OCH3 is 1. The monoisotopic (exact) mass is 515 g/mol. The van der Waals surface area contributed by atoms with Crippen molar-refractivity contribution >= 4 is 6.09 Å². The quantitative estimate of drug-likeness (QED) is 0.506. The van der Waals surface area contributed by atoms with Gasteiger partial charge in [0.05, 0.1) is 51.0 Å². The summed E-state index contributed by atoms with van der Waals surface area (Å²) in [6, 6.07) is 6.64. The largest absolute Gasteiger partial charge is 0.497 e. The van der Waals surface area contributed by atoms with E-state index < -0.39 is 36.4 Å². The fourth-order valence-electron chi connectivity index (χ4n) is 4.47. The van der Waals surface area contributed by atoms with Crippen molar-refractivity contribution in [3.8, 4) is 5.75 Å². The van der Waals surface area contributed by atoms with Crippen LogP contribution in [0.25, 0.3) is 0 Å². The Morgan fingerprint density at radius 3 is 2.50 bits per heavy atom. The van der Waals surface area contributed by atoms with Gasteiger partial charge in [-0.25, -0.2) is 9.18 Å². The van der Waals surface area contributed by atoms with Crippen LogP contribution in [-0.2, 0) is 20.8 Å². The van der Waals surface area contributed by atoms with Gasteiger partial charge in [-0.3, -0.25) is 4.68 Å². The Morgan fingerprint density at radius 2 is 1.94 bits per heavy atom. The smallest absolute Gasteiger partial charge is 0.427 e. The van der Waals surface area contributed by atoms with Gasteiger partial charge in [-0.05, 0) is 43.4 Å². The van der Waals surface area contributed by atoms with Crippen molar-refractivity contribution in [2.45, 2.75) is 56.2 Å². The number of halogens is 4. The van der Waals surface area contributed by atoms with Crippen LogP contribution in [0.4, 0.5) is 22.4 Å². The lowest BCUT2D eigenvalue weighted by Gasteiger charge is -2.45. The summed E-state index contributed by atoms with van der Waals surface area (Å²) in [6.07, 6.45) is -3.32. The highest BCUT2D eigenvalue weighted by Crippen LogP contribution is 2.38. The summed E-state index contributed by atoms with van der Waals surface area (Å²) in [5, 5.41) is 3.99. The summed E-state index contributed by atoms with van der Waals surface area (Å²) in [6.45, 7) is -0.0803. The summed E-state index contributed by atoms with van der Waals surface area (Å²) >= 11 is 0. The number of likely N-dealkylation sites (tertiary alicyclic amines) is 1. The van der Waals surface area contributed by atoms with Crippen LogP contribution in [0.3, 0.4) is 0 Å². The molecule has 36 heavy (non-hydrogen) atoms. The second kappa shape index (κ2) is 11.0. The van der Waals surface area contributed by atoms with Gasteiger partial charge in [-0.2, -0.15) is 18.3 Å². The highest BCUT2D eigenvalue weighted by atomic mass is 19.4. The molecule has 0 saturated carbocycles. The number of carbonyl (C=O) groups excluding carboxylic acids is 1. The van der Waals surface area contributed by atoms with Crippen LogP contribution in [-0.4, -0.2) is 72.1 Å². The molecule has 2 fully saturated rings. The van der Waals surface area contributed by atoms with Gasteiger partial charge >= 0.3 is 12.3 Å². The topological polar surface area (TPSA) is 75.1 Å². The summed E-state index contributed by atoms with van der Waals surface area (Å²) < 4.78 is 76.4. The highest BCUT2D eigenvalue weighted by Gasteiger charge is 2.45. The van der Waals surface area contributed by atoms with E-state index in [1.807, 2.05) is 0 Å². The van der Waals surface area contributed by atoms with E-state index in [9.17, 15) is 22.4 Å². The van der Waals surface area contributed by atoms with E-state index in [2.05, 4.69) is 5.10 Å². The Labute approximate surface area is 206 Å². The van der Waals surface area contributed by atoms with Crippen molar-refractivity contribution < 1.29 is 41.3 Å². The predicted molar refractivity (Wildman–Crippen MR) is 119 cm³/mol. The molecule has 1 aromatic carbocycles. The summed E-state index contributed by atoms with van der Waals surface area (Å²) in [5.41, 5.74) is 0.209. The lowest BCUT2D eigenvalue weighted by molar-refractivity contribution is -0.220. The van der Waals surface area contributed by atoms with Crippen molar-refractivity contribution in [1.29, 1.82) is 0 Å². The first-order valence-corrected chi connectivity index (χ1v) is 11.7. The second-order valence-corrected chi connectivity index (χ2v) is 9.09. The van der Waals surface area contributed by atoms with Crippen LogP contribution in [0, 0.1) is 5.82 Å². The lowest BCUT2D eigenvalue weighted by atomic mass is 9.83. The Kier molecular flexibility index (Phi) is 8.04. The van der Waals surface area contributed by atoms with Gasteiger partial charge < -0.3 is 23.8 Å². The lowest BCUT2D eigenvalue weighted by Crippen LogP contribution is -2.52. The molecule has 0 N–H and O–H groups in total. The number of alkyl halides is 3. The van der Waals surface area contributed by atoms with Gasteiger partial charge in [0.25, 0.3) is 0 Å². The van der Waals surface area contributed by atoms with Crippen molar-refractivity contribution in [2.24, 2.45) is 0 Å². The number of benzene rings is 1. The first kappa shape index (κ1) is 26.2. The predicted octanol–water partition coefficient (Wildman–Crippen LogP) is 4.50. The van der Waals surface area contributed by atoms with Crippen LogP contribution in [0.2, 0.25) is 0 Å². The van der Waals surface area contributed by atoms with Gasteiger partial charge in [0.2, 0.25) is 6.10 Å². The SMILES string of the molecule is COc1ccc(COCC(OC(=O)N2CCC3(CCC(n4cc(F)cn4)CO3)CC2)C(F)(F)F)cc1. The molecule has 1 spiro atoms. The minimum atomic E-state index is -4.76. The zero-order valence-corrected chi connectivity index (χ0v) is 19.9. The van der Waals surface area contributed by atoms with Gasteiger partial charge in [-0.15, -0.1) is 0 Å². The number of rotatable bonds is 7. The normalized spacial score (nSPS) is 20.8. The number of ether oxygens (including phenoxy) is 4. The minimum absolute atomic E-state index is 0.0656. The minimum Gasteiger partial charge on any atom is -0.497 e. The van der Waals surface area contributed by atoms with E-state index >= 15 is 0 Å². The van der Waals surface area contributed by atoms with E-state index in [4.69, 9.17) is 18.9 Å². The Bertz CT molecular complexity index is 996. The average Bonchev–Trinajstić information content (AvgIpc) is 3.30. The summed E-state index contributed by atoms with van der Waals surface area (Å²) in [7, 11) is 1.51. The zero-order chi connectivity index (χ0) is 25.8. The van der Waals surface area contributed by atoms with Crippen LogP contribution in [0.1, 0.15) is 37.3 Å². The number of amides is 1. The van der Waals surface area contributed by atoms with Crippen LogP contribution < -0.4 is 4.74 Å². The third-order valence-corrected chi connectivity index (χ3v) is 6.70. The van der Waals surface area contributed by atoms with E-state index in [1.165, 1.54) is 18.2 Å². The molecule has 12 heteroatoms. The van der Waals surface area contributed by atoms with Gasteiger partial charge in [0.15, 0.2) is 5.82 Å². The average molecular weight is 516 g/mol. The molecule has 4 rings (SSSR count). The fourth-order valence-corrected chi connectivity index (χ4v) is 4.47. The summed E-state index contributed by atoms with van der Waals surface area (Å²) in [4.78, 5) is 13.8. The first-order chi connectivity index (χ1) is 17.2. The molecule has 1 aromatic heterocycles. The molecular formula is C24H29F4N3O5. The van der Waals surface area contributed by atoms with Crippen molar-refractivity contribution in [3.63, 3.8) is 0 Å².